The summed E-state index contributed by atoms with van der Waals surface area (Å²) in [6.07, 6.45) is 5.71. The minimum Gasteiger partial charge on any atom is -0.372 e. The third-order valence-electron chi connectivity index (χ3n) is 3.70. The molecule has 1 aromatic carbocycles. The normalized spacial score (nSPS) is 10.6. The zero-order valence-corrected chi connectivity index (χ0v) is 13.2. The van der Waals surface area contributed by atoms with Crippen molar-refractivity contribution in [2.75, 3.05) is 18.0 Å². The topological polar surface area (TPSA) is 20.3 Å². The quantitative estimate of drug-likeness (QED) is 0.610. The number of aryl methyl sites for hydroxylation is 1. The van der Waals surface area contributed by atoms with Crippen LogP contribution in [0.25, 0.3) is 0 Å². The van der Waals surface area contributed by atoms with Crippen LogP contribution in [0.2, 0.25) is 0 Å². The SMILES string of the molecule is [CH2]C(=O)c1ccc(N(CCCC)CCCC)cc1CC. The van der Waals surface area contributed by atoms with Crippen molar-refractivity contribution in [2.24, 2.45) is 0 Å². The molecule has 1 aromatic rings. The Balaban J connectivity index is 2.97. The van der Waals surface area contributed by atoms with Gasteiger partial charge in [-0.15, -0.1) is 0 Å². The van der Waals surface area contributed by atoms with E-state index in [-0.39, 0.29) is 5.78 Å². The van der Waals surface area contributed by atoms with Gasteiger partial charge in [-0.2, -0.15) is 0 Å². The molecule has 0 atom stereocenters. The Morgan fingerprint density at radius 2 is 1.70 bits per heavy atom. The number of unbranched alkanes of at least 4 members (excludes halogenated alkanes) is 2. The Kier molecular flexibility index (Phi) is 7.35. The van der Waals surface area contributed by atoms with Crippen molar-refractivity contribution in [3.8, 4) is 0 Å². The predicted octanol–water partition coefficient (Wildman–Crippen LogP) is 4.67. The van der Waals surface area contributed by atoms with Crippen LogP contribution in [0.5, 0.6) is 0 Å². The molecule has 0 aliphatic heterocycles. The van der Waals surface area contributed by atoms with Crippen molar-refractivity contribution in [3.63, 3.8) is 0 Å². The minimum absolute atomic E-state index is 0.0814. The summed E-state index contributed by atoms with van der Waals surface area (Å²) in [5.74, 6) is -0.0814. The second kappa shape index (κ2) is 8.78. The Bertz CT molecular complexity index is 417. The number of nitrogens with zero attached hydrogens (tertiary/aromatic N) is 1. The van der Waals surface area contributed by atoms with Crippen LogP contribution in [0.4, 0.5) is 5.69 Å². The van der Waals surface area contributed by atoms with Gasteiger partial charge < -0.3 is 4.90 Å². The van der Waals surface area contributed by atoms with Gasteiger partial charge in [-0.05, 0) is 43.0 Å². The molecule has 0 aromatic heterocycles. The molecule has 0 fully saturated rings. The third-order valence-corrected chi connectivity index (χ3v) is 3.70. The number of carbonyl (C=O) groups excluding carboxylic acids is 1. The highest BCUT2D eigenvalue weighted by molar-refractivity contribution is 6.00. The van der Waals surface area contributed by atoms with Gasteiger partial charge in [-0.1, -0.05) is 33.6 Å². The number of anilines is 1. The maximum atomic E-state index is 11.5. The molecule has 0 aliphatic rings. The third kappa shape index (κ3) is 4.66. The van der Waals surface area contributed by atoms with E-state index in [1.165, 1.54) is 31.4 Å². The fourth-order valence-corrected chi connectivity index (χ4v) is 2.41. The summed E-state index contributed by atoms with van der Waals surface area (Å²) < 4.78 is 0. The first-order chi connectivity index (χ1) is 9.63. The Labute approximate surface area is 124 Å². The molecule has 111 valence electrons. The summed E-state index contributed by atoms with van der Waals surface area (Å²) in [6.45, 7) is 12.3. The standard InChI is InChI=1S/C18H28NO/c1-5-8-12-19(13-9-6-2)17-10-11-18(15(4)20)16(7-3)14-17/h10-11,14H,4-9,12-13H2,1-3H3. The van der Waals surface area contributed by atoms with E-state index in [2.05, 4.69) is 44.7 Å². The fourth-order valence-electron chi connectivity index (χ4n) is 2.41. The monoisotopic (exact) mass is 274 g/mol. The van der Waals surface area contributed by atoms with Crippen molar-refractivity contribution in [1.29, 1.82) is 0 Å². The van der Waals surface area contributed by atoms with Gasteiger partial charge in [0.2, 0.25) is 0 Å². The lowest BCUT2D eigenvalue weighted by Gasteiger charge is -2.25. The zero-order chi connectivity index (χ0) is 15.0. The highest BCUT2D eigenvalue weighted by Crippen LogP contribution is 2.22. The van der Waals surface area contributed by atoms with E-state index in [0.29, 0.717) is 0 Å². The van der Waals surface area contributed by atoms with Gasteiger partial charge in [0.1, 0.15) is 0 Å². The van der Waals surface area contributed by atoms with Gasteiger partial charge in [0.05, 0.1) is 0 Å². The first-order valence-electron chi connectivity index (χ1n) is 7.88. The lowest BCUT2D eigenvalue weighted by Crippen LogP contribution is -2.25. The number of hydrogen-bond acceptors (Lipinski definition) is 2. The minimum atomic E-state index is -0.0814. The number of benzene rings is 1. The van der Waals surface area contributed by atoms with E-state index in [9.17, 15) is 4.79 Å². The Morgan fingerprint density at radius 3 is 2.15 bits per heavy atom. The van der Waals surface area contributed by atoms with E-state index in [1.807, 2.05) is 6.07 Å². The molecule has 0 spiro atoms. The summed E-state index contributed by atoms with van der Waals surface area (Å²) in [4.78, 5) is 14.0. The zero-order valence-electron chi connectivity index (χ0n) is 13.2. The number of hydrogen-bond donors (Lipinski definition) is 0. The van der Waals surface area contributed by atoms with Crippen LogP contribution >= 0.6 is 0 Å². The Hall–Kier alpha value is -1.31. The van der Waals surface area contributed by atoms with Crippen molar-refractivity contribution >= 4 is 11.5 Å². The van der Waals surface area contributed by atoms with Crippen LogP contribution in [0.1, 0.15) is 62.4 Å². The average molecular weight is 274 g/mol. The first-order valence-corrected chi connectivity index (χ1v) is 7.88. The summed E-state index contributed by atoms with van der Waals surface area (Å²) >= 11 is 0. The smallest absolute Gasteiger partial charge is 0.163 e. The average Bonchev–Trinajstić information content (AvgIpc) is 2.46. The summed E-state index contributed by atoms with van der Waals surface area (Å²) in [5.41, 5.74) is 3.12. The van der Waals surface area contributed by atoms with E-state index in [4.69, 9.17) is 0 Å². The van der Waals surface area contributed by atoms with Gasteiger partial charge >= 0.3 is 0 Å². The van der Waals surface area contributed by atoms with Gasteiger partial charge in [-0.25, -0.2) is 0 Å². The number of ketones is 1. The molecule has 0 N–H and O–H groups in total. The summed E-state index contributed by atoms with van der Waals surface area (Å²) in [5, 5.41) is 0. The van der Waals surface area contributed by atoms with Gasteiger partial charge in [-0.3, -0.25) is 4.79 Å². The van der Waals surface area contributed by atoms with Gasteiger partial charge in [0.15, 0.2) is 5.78 Å². The van der Waals surface area contributed by atoms with Crippen LogP contribution in [0.3, 0.4) is 0 Å². The molecule has 0 heterocycles. The van der Waals surface area contributed by atoms with E-state index < -0.39 is 0 Å². The maximum absolute atomic E-state index is 11.5. The molecule has 0 unspecified atom stereocenters. The number of rotatable bonds is 9. The number of Topliss-reactive ketones (excluding diaryl/α,β-unsaturated/α-hetero) is 1. The molecule has 2 nitrogen and oxygen atoms in total. The molecule has 2 heteroatoms. The molecule has 1 radical (unpaired) electrons. The van der Waals surface area contributed by atoms with Crippen molar-refractivity contribution < 1.29 is 4.79 Å². The lowest BCUT2D eigenvalue weighted by molar-refractivity contribution is 0.104. The molecule has 0 saturated carbocycles. The molecular formula is C18H28NO. The summed E-state index contributed by atoms with van der Waals surface area (Å²) in [6, 6.07) is 6.18. The molecule has 0 aliphatic carbocycles. The Morgan fingerprint density at radius 1 is 1.10 bits per heavy atom. The predicted molar refractivity (Wildman–Crippen MR) is 87.5 cm³/mol. The second-order valence-electron chi connectivity index (χ2n) is 5.31. The molecule has 0 saturated heterocycles. The van der Waals surface area contributed by atoms with Crippen molar-refractivity contribution in [3.05, 3.63) is 36.2 Å². The fraction of sp³-hybridized carbons (Fsp3) is 0.556. The molecule has 20 heavy (non-hydrogen) atoms. The molecule has 0 amide bonds. The van der Waals surface area contributed by atoms with E-state index >= 15 is 0 Å². The highest BCUT2D eigenvalue weighted by Gasteiger charge is 2.11. The molecular weight excluding hydrogens is 246 g/mol. The lowest BCUT2D eigenvalue weighted by atomic mass is 10.0. The van der Waals surface area contributed by atoms with Crippen LogP contribution in [-0.4, -0.2) is 18.9 Å². The van der Waals surface area contributed by atoms with Crippen molar-refractivity contribution in [1.82, 2.24) is 0 Å². The van der Waals surface area contributed by atoms with Gasteiger partial charge in [0, 0.05) is 31.3 Å². The number of carbonyl (C=O) groups is 1. The largest absolute Gasteiger partial charge is 0.372 e. The molecule has 0 bridgehead atoms. The van der Waals surface area contributed by atoms with Gasteiger partial charge in [0.25, 0.3) is 0 Å². The van der Waals surface area contributed by atoms with E-state index in [0.717, 1.165) is 30.6 Å². The van der Waals surface area contributed by atoms with Crippen LogP contribution < -0.4 is 4.90 Å². The van der Waals surface area contributed by atoms with Crippen LogP contribution in [0, 0.1) is 6.92 Å². The highest BCUT2D eigenvalue weighted by atomic mass is 16.1. The second-order valence-corrected chi connectivity index (χ2v) is 5.31. The van der Waals surface area contributed by atoms with Crippen LogP contribution in [-0.2, 0) is 6.42 Å². The maximum Gasteiger partial charge on any atom is 0.163 e. The first kappa shape index (κ1) is 16.7. The van der Waals surface area contributed by atoms with Crippen molar-refractivity contribution in [2.45, 2.75) is 52.9 Å². The van der Waals surface area contributed by atoms with E-state index in [1.54, 1.807) is 0 Å². The molecule has 1 rings (SSSR count). The summed E-state index contributed by atoms with van der Waals surface area (Å²) in [7, 11) is 0. The van der Waals surface area contributed by atoms with Crippen LogP contribution in [0.15, 0.2) is 18.2 Å².